The second-order valence-corrected chi connectivity index (χ2v) is 3.67. The Morgan fingerprint density at radius 1 is 1.61 bits per heavy atom. The zero-order valence-corrected chi connectivity index (χ0v) is 9.63. The summed E-state index contributed by atoms with van der Waals surface area (Å²) in [6, 6.07) is 1.23. The quantitative estimate of drug-likeness (QED) is 0.490. The minimum absolute atomic E-state index is 0.0737. The van der Waals surface area contributed by atoms with Crippen molar-refractivity contribution in [3.63, 3.8) is 0 Å². The molecule has 0 saturated carbocycles. The molecule has 0 saturated heterocycles. The van der Waals surface area contributed by atoms with E-state index in [1.807, 2.05) is 0 Å². The maximum absolute atomic E-state index is 13.2. The number of pyridine rings is 1. The molecule has 0 aliphatic carbocycles. The zero-order valence-electron chi connectivity index (χ0n) is 9.63. The fourth-order valence-corrected chi connectivity index (χ4v) is 1.40. The molecule has 18 heavy (non-hydrogen) atoms. The van der Waals surface area contributed by atoms with Crippen molar-refractivity contribution in [2.75, 3.05) is 6.54 Å². The van der Waals surface area contributed by atoms with Gasteiger partial charge in [-0.2, -0.15) is 4.39 Å². The second-order valence-electron chi connectivity index (χ2n) is 3.67. The summed E-state index contributed by atoms with van der Waals surface area (Å²) in [5, 5.41) is 21.7. The van der Waals surface area contributed by atoms with Crippen molar-refractivity contribution in [1.82, 2.24) is 10.3 Å². The van der Waals surface area contributed by atoms with Crippen LogP contribution in [0.15, 0.2) is 12.3 Å². The van der Waals surface area contributed by atoms with Crippen molar-refractivity contribution in [1.29, 1.82) is 0 Å². The molecule has 0 aliphatic rings. The standard InChI is InChI=1S/C11H13FN2O4/c1-6(16)14-4-9(17)10(18)7-2-3-13-11(12)8(7)5-15/h2-3,5,9-10,17-18H,4H2,1H3,(H,14,16). The van der Waals surface area contributed by atoms with Crippen LogP contribution in [-0.2, 0) is 4.79 Å². The Labute approximate surface area is 102 Å². The number of aromatic nitrogens is 1. The first-order valence-corrected chi connectivity index (χ1v) is 5.17. The molecule has 2 unspecified atom stereocenters. The maximum Gasteiger partial charge on any atom is 0.223 e. The van der Waals surface area contributed by atoms with Gasteiger partial charge in [0.15, 0.2) is 6.29 Å². The summed E-state index contributed by atoms with van der Waals surface area (Å²) in [5.74, 6) is -1.40. The number of nitrogens with one attached hydrogen (secondary N) is 1. The van der Waals surface area contributed by atoms with Gasteiger partial charge in [0.25, 0.3) is 0 Å². The molecule has 2 atom stereocenters. The average molecular weight is 256 g/mol. The largest absolute Gasteiger partial charge is 0.388 e. The highest BCUT2D eigenvalue weighted by atomic mass is 19.1. The fraction of sp³-hybridized carbons (Fsp3) is 0.364. The summed E-state index contributed by atoms with van der Waals surface area (Å²) in [6.45, 7) is 1.04. The lowest BCUT2D eigenvalue weighted by atomic mass is 10.0. The number of hydrogen-bond acceptors (Lipinski definition) is 5. The number of amides is 1. The molecule has 0 fully saturated rings. The Bertz CT molecular complexity index is 453. The molecular weight excluding hydrogens is 243 g/mol. The summed E-state index contributed by atoms with van der Waals surface area (Å²) >= 11 is 0. The van der Waals surface area contributed by atoms with E-state index >= 15 is 0 Å². The van der Waals surface area contributed by atoms with Crippen LogP contribution in [0.3, 0.4) is 0 Å². The van der Waals surface area contributed by atoms with Crippen molar-refractivity contribution < 1.29 is 24.2 Å². The lowest BCUT2D eigenvalue weighted by Crippen LogP contribution is -2.34. The summed E-state index contributed by atoms with van der Waals surface area (Å²) in [5.41, 5.74) is -0.484. The van der Waals surface area contributed by atoms with E-state index in [-0.39, 0.29) is 24.3 Å². The number of nitrogens with zero attached hydrogens (tertiary/aromatic N) is 1. The summed E-state index contributed by atoms with van der Waals surface area (Å²) < 4.78 is 13.2. The Hall–Kier alpha value is -1.86. The van der Waals surface area contributed by atoms with Crippen molar-refractivity contribution in [3.05, 3.63) is 29.3 Å². The lowest BCUT2D eigenvalue weighted by molar-refractivity contribution is -0.119. The molecule has 98 valence electrons. The van der Waals surface area contributed by atoms with Gasteiger partial charge in [0.2, 0.25) is 11.9 Å². The number of halogens is 1. The SMILES string of the molecule is CC(=O)NCC(O)C(O)c1ccnc(F)c1C=O. The first-order chi connectivity index (χ1) is 8.47. The van der Waals surface area contributed by atoms with E-state index < -0.39 is 23.7 Å². The van der Waals surface area contributed by atoms with Gasteiger partial charge in [0, 0.05) is 19.7 Å². The second kappa shape index (κ2) is 6.18. The average Bonchev–Trinajstić information content (AvgIpc) is 2.34. The molecule has 0 aliphatic heterocycles. The summed E-state index contributed by atoms with van der Waals surface area (Å²) in [4.78, 5) is 24.6. The van der Waals surface area contributed by atoms with Crippen LogP contribution in [0.2, 0.25) is 0 Å². The fourth-order valence-electron chi connectivity index (χ4n) is 1.40. The monoisotopic (exact) mass is 256 g/mol. The molecule has 1 aromatic heterocycles. The van der Waals surface area contributed by atoms with E-state index in [1.54, 1.807) is 0 Å². The maximum atomic E-state index is 13.2. The molecular formula is C11H13FN2O4. The molecule has 3 N–H and O–H groups in total. The molecule has 0 aromatic carbocycles. The molecule has 0 radical (unpaired) electrons. The van der Waals surface area contributed by atoms with Crippen LogP contribution >= 0.6 is 0 Å². The van der Waals surface area contributed by atoms with Crippen LogP contribution in [0.4, 0.5) is 4.39 Å². The smallest absolute Gasteiger partial charge is 0.223 e. The van der Waals surface area contributed by atoms with Gasteiger partial charge in [-0.1, -0.05) is 0 Å². The van der Waals surface area contributed by atoms with Gasteiger partial charge in [-0.3, -0.25) is 9.59 Å². The Kier molecular flexibility index (Phi) is 4.87. The van der Waals surface area contributed by atoms with Gasteiger partial charge in [0.1, 0.15) is 12.2 Å². The summed E-state index contributed by atoms with van der Waals surface area (Å²) in [7, 11) is 0. The van der Waals surface area contributed by atoms with E-state index in [0.29, 0.717) is 0 Å². The van der Waals surface area contributed by atoms with Crippen molar-refractivity contribution >= 4 is 12.2 Å². The Morgan fingerprint density at radius 2 is 2.28 bits per heavy atom. The highest BCUT2D eigenvalue weighted by Crippen LogP contribution is 2.20. The van der Waals surface area contributed by atoms with Crippen LogP contribution < -0.4 is 5.32 Å². The molecule has 1 amide bonds. The van der Waals surface area contributed by atoms with E-state index in [9.17, 15) is 24.2 Å². The minimum atomic E-state index is -1.49. The molecule has 1 rings (SSSR count). The van der Waals surface area contributed by atoms with Gasteiger partial charge < -0.3 is 15.5 Å². The number of rotatable bonds is 5. The third-order valence-corrected chi connectivity index (χ3v) is 2.34. The van der Waals surface area contributed by atoms with Crippen LogP contribution in [0.25, 0.3) is 0 Å². The third kappa shape index (κ3) is 3.31. The number of hydrogen-bond donors (Lipinski definition) is 3. The molecule has 0 spiro atoms. The summed E-state index contributed by atoms with van der Waals surface area (Å²) in [6.07, 6.45) is -1.55. The van der Waals surface area contributed by atoms with E-state index in [0.717, 1.165) is 6.20 Å². The zero-order chi connectivity index (χ0) is 13.7. The molecule has 7 heteroatoms. The van der Waals surface area contributed by atoms with Crippen molar-refractivity contribution in [3.8, 4) is 0 Å². The predicted molar refractivity (Wildman–Crippen MR) is 59.2 cm³/mol. The van der Waals surface area contributed by atoms with Gasteiger partial charge >= 0.3 is 0 Å². The Balaban J connectivity index is 2.89. The molecule has 1 aromatic rings. The van der Waals surface area contributed by atoms with Gasteiger partial charge in [-0.15, -0.1) is 0 Å². The number of carbonyl (C=O) groups excluding carboxylic acids is 2. The third-order valence-electron chi connectivity index (χ3n) is 2.34. The van der Waals surface area contributed by atoms with Gasteiger partial charge in [0.05, 0.1) is 5.56 Å². The van der Waals surface area contributed by atoms with Gasteiger partial charge in [-0.05, 0) is 11.6 Å². The number of aliphatic hydroxyl groups is 2. The van der Waals surface area contributed by atoms with Crippen LogP contribution in [0, 0.1) is 5.95 Å². The first-order valence-electron chi connectivity index (χ1n) is 5.17. The molecule has 6 nitrogen and oxygen atoms in total. The predicted octanol–water partition coefficient (Wildman–Crippen LogP) is -0.436. The topological polar surface area (TPSA) is 99.5 Å². The number of aldehydes is 1. The van der Waals surface area contributed by atoms with E-state index in [2.05, 4.69) is 10.3 Å². The first kappa shape index (κ1) is 14.2. The lowest BCUT2D eigenvalue weighted by Gasteiger charge is -2.19. The minimum Gasteiger partial charge on any atom is -0.388 e. The van der Waals surface area contributed by atoms with E-state index in [1.165, 1.54) is 13.0 Å². The Morgan fingerprint density at radius 3 is 2.83 bits per heavy atom. The van der Waals surface area contributed by atoms with E-state index in [4.69, 9.17) is 0 Å². The van der Waals surface area contributed by atoms with Crippen LogP contribution in [0.1, 0.15) is 28.9 Å². The number of carbonyl (C=O) groups is 2. The highest BCUT2D eigenvalue weighted by molar-refractivity contribution is 5.77. The molecule has 0 bridgehead atoms. The van der Waals surface area contributed by atoms with Crippen molar-refractivity contribution in [2.24, 2.45) is 0 Å². The van der Waals surface area contributed by atoms with Crippen LogP contribution in [0.5, 0.6) is 0 Å². The van der Waals surface area contributed by atoms with Crippen molar-refractivity contribution in [2.45, 2.75) is 19.1 Å². The van der Waals surface area contributed by atoms with Crippen LogP contribution in [-0.4, -0.2) is 40.0 Å². The van der Waals surface area contributed by atoms with Gasteiger partial charge in [-0.25, -0.2) is 4.98 Å². The molecule has 1 heterocycles. The highest BCUT2D eigenvalue weighted by Gasteiger charge is 2.23. The number of aliphatic hydroxyl groups excluding tert-OH is 2. The normalized spacial score (nSPS) is 13.8.